The zero-order valence-corrected chi connectivity index (χ0v) is 12.2. The van der Waals surface area contributed by atoms with Crippen molar-refractivity contribution in [2.45, 2.75) is 18.6 Å². The minimum absolute atomic E-state index is 0.0473. The molecule has 20 heavy (non-hydrogen) atoms. The molecule has 0 amide bonds. The van der Waals surface area contributed by atoms with Gasteiger partial charge in [-0.3, -0.25) is 0 Å². The third kappa shape index (κ3) is 2.59. The molecule has 0 spiro atoms. The Labute approximate surface area is 124 Å². The summed E-state index contributed by atoms with van der Waals surface area (Å²) < 4.78 is 6.05. The highest BCUT2D eigenvalue weighted by Gasteiger charge is 2.28. The first-order chi connectivity index (χ1) is 9.79. The van der Waals surface area contributed by atoms with Crippen molar-refractivity contribution in [2.75, 3.05) is 13.7 Å². The first kappa shape index (κ1) is 13.6. The van der Waals surface area contributed by atoms with Crippen LogP contribution in [0.25, 0.3) is 0 Å². The van der Waals surface area contributed by atoms with E-state index in [0.29, 0.717) is 0 Å². The van der Waals surface area contributed by atoms with Gasteiger partial charge in [0.05, 0.1) is 12.6 Å². The Bertz CT molecular complexity index is 582. The van der Waals surface area contributed by atoms with E-state index in [0.717, 1.165) is 18.1 Å². The van der Waals surface area contributed by atoms with Crippen LogP contribution in [-0.4, -0.2) is 13.7 Å². The molecule has 0 saturated carbocycles. The molecule has 0 saturated heterocycles. The van der Waals surface area contributed by atoms with Crippen molar-refractivity contribution in [2.24, 2.45) is 0 Å². The van der Waals surface area contributed by atoms with Gasteiger partial charge in [0.25, 0.3) is 0 Å². The lowest BCUT2D eigenvalue weighted by atomic mass is 9.90. The maximum absolute atomic E-state index is 6.05. The Morgan fingerprint density at radius 2 is 1.90 bits per heavy atom. The van der Waals surface area contributed by atoms with Crippen LogP contribution in [0.1, 0.15) is 28.8 Å². The second kappa shape index (κ2) is 5.96. The van der Waals surface area contributed by atoms with Gasteiger partial charge < -0.3 is 10.1 Å². The Morgan fingerprint density at radius 3 is 2.65 bits per heavy atom. The normalized spacial score (nSPS) is 19.4. The number of likely N-dealkylation sites (N-methyl/N-ethyl adjacent to an activating group) is 1. The summed E-state index contributed by atoms with van der Waals surface area (Å²) in [6.07, 6.45) is 1.04. The van der Waals surface area contributed by atoms with Crippen LogP contribution in [0, 0.1) is 0 Å². The zero-order chi connectivity index (χ0) is 13.9. The molecular weight excluding hydrogens is 270 g/mol. The van der Waals surface area contributed by atoms with Gasteiger partial charge in [-0.25, -0.2) is 0 Å². The summed E-state index contributed by atoms with van der Waals surface area (Å²) in [5, 5.41) is 4.14. The maximum atomic E-state index is 6.05. The highest BCUT2D eigenvalue weighted by Crippen LogP contribution is 2.36. The molecule has 0 bridgehead atoms. The molecule has 3 heteroatoms. The molecule has 1 N–H and O–H groups in total. The molecule has 1 aliphatic heterocycles. The average molecular weight is 288 g/mol. The largest absolute Gasteiger partial charge is 0.371 e. The molecule has 1 heterocycles. The van der Waals surface area contributed by atoms with Gasteiger partial charge in [0.1, 0.15) is 6.10 Å². The van der Waals surface area contributed by atoms with Crippen LogP contribution in [-0.2, 0) is 11.2 Å². The molecule has 3 rings (SSSR count). The maximum Gasteiger partial charge on any atom is 0.102 e. The molecule has 0 aliphatic carbocycles. The number of hydrogen-bond donors (Lipinski definition) is 1. The van der Waals surface area contributed by atoms with E-state index in [2.05, 4.69) is 41.7 Å². The molecule has 2 nitrogen and oxygen atoms in total. The van der Waals surface area contributed by atoms with E-state index in [9.17, 15) is 0 Å². The van der Waals surface area contributed by atoms with Gasteiger partial charge in [0, 0.05) is 5.02 Å². The monoisotopic (exact) mass is 287 g/mol. The summed E-state index contributed by atoms with van der Waals surface area (Å²) >= 11 is 5.97. The third-order valence-corrected chi connectivity index (χ3v) is 4.13. The molecule has 0 fully saturated rings. The number of nitrogens with one attached hydrogen (secondary N) is 1. The molecule has 2 aromatic carbocycles. The van der Waals surface area contributed by atoms with Crippen molar-refractivity contribution < 1.29 is 4.74 Å². The average Bonchev–Trinajstić information content (AvgIpc) is 2.50. The van der Waals surface area contributed by atoms with E-state index >= 15 is 0 Å². The predicted molar refractivity (Wildman–Crippen MR) is 82.1 cm³/mol. The minimum atomic E-state index is 0.0473. The molecule has 2 aromatic rings. The van der Waals surface area contributed by atoms with Crippen LogP contribution in [0.15, 0.2) is 48.5 Å². The number of hydrogen-bond acceptors (Lipinski definition) is 2. The van der Waals surface area contributed by atoms with Crippen molar-refractivity contribution in [3.05, 3.63) is 70.2 Å². The summed E-state index contributed by atoms with van der Waals surface area (Å²) in [5.74, 6) is 0. The van der Waals surface area contributed by atoms with Crippen molar-refractivity contribution in [1.29, 1.82) is 0 Å². The second-order valence-electron chi connectivity index (χ2n) is 5.06. The number of halogens is 1. The lowest BCUT2D eigenvalue weighted by molar-refractivity contribution is 0.0166. The standard InChI is InChI=1S/C17H18ClNO/c1-19-16(13-6-8-14(18)9-7-13)17-15-5-3-2-4-12(15)10-11-20-17/h2-9,16-17,19H,10-11H2,1H3. The zero-order valence-electron chi connectivity index (χ0n) is 11.5. The lowest BCUT2D eigenvalue weighted by Gasteiger charge is -2.32. The summed E-state index contributed by atoms with van der Waals surface area (Å²) in [6.45, 7) is 0.771. The number of ether oxygens (including phenoxy) is 1. The van der Waals surface area contributed by atoms with E-state index in [1.54, 1.807) is 0 Å². The molecule has 104 valence electrons. The van der Waals surface area contributed by atoms with Crippen LogP contribution in [0.4, 0.5) is 0 Å². The van der Waals surface area contributed by atoms with E-state index in [1.165, 1.54) is 16.7 Å². The van der Waals surface area contributed by atoms with Gasteiger partial charge in [-0.05, 0) is 42.3 Å². The van der Waals surface area contributed by atoms with Gasteiger partial charge >= 0.3 is 0 Å². The first-order valence-corrected chi connectivity index (χ1v) is 7.29. The molecule has 0 radical (unpaired) electrons. The summed E-state index contributed by atoms with van der Waals surface area (Å²) in [7, 11) is 1.97. The Hall–Kier alpha value is -1.35. The Balaban J connectivity index is 1.96. The topological polar surface area (TPSA) is 21.3 Å². The predicted octanol–water partition coefficient (Wildman–Crippen LogP) is 3.91. The molecular formula is C17H18ClNO. The summed E-state index contributed by atoms with van der Waals surface area (Å²) in [6, 6.07) is 16.6. The number of benzene rings is 2. The Morgan fingerprint density at radius 1 is 1.15 bits per heavy atom. The van der Waals surface area contributed by atoms with Crippen LogP contribution < -0.4 is 5.32 Å². The number of fused-ring (bicyclic) bond motifs is 1. The SMILES string of the molecule is CNC(c1ccc(Cl)cc1)C1OCCc2ccccc21. The van der Waals surface area contributed by atoms with Gasteiger partial charge in [-0.2, -0.15) is 0 Å². The molecule has 1 aliphatic rings. The fraction of sp³-hybridized carbons (Fsp3) is 0.294. The Kier molecular flexibility index (Phi) is 4.06. The van der Waals surface area contributed by atoms with Gasteiger partial charge in [-0.1, -0.05) is 48.0 Å². The minimum Gasteiger partial charge on any atom is -0.371 e. The van der Waals surface area contributed by atoms with Crippen LogP contribution in [0.2, 0.25) is 5.02 Å². The smallest absolute Gasteiger partial charge is 0.102 e. The van der Waals surface area contributed by atoms with Crippen molar-refractivity contribution in [3.63, 3.8) is 0 Å². The number of rotatable bonds is 3. The van der Waals surface area contributed by atoms with Gasteiger partial charge in [0.2, 0.25) is 0 Å². The lowest BCUT2D eigenvalue weighted by Crippen LogP contribution is -2.29. The summed E-state index contributed by atoms with van der Waals surface area (Å²) in [4.78, 5) is 0. The van der Waals surface area contributed by atoms with E-state index in [1.807, 2.05) is 19.2 Å². The van der Waals surface area contributed by atoms with Gasteiger partial charge in [-0.15, -0.1) is 0 Å². The second-order valence-corrected chi connectivity index (χ2v) is 5.49. The quantitative estimate of drug-likeness (QED) is 0.924. The molecule has 2 atom stereocenters. The van der Waals surface area contributed by atoms with Crippen LogP contribution in [0.3, 0.4) is 0 Å². The fourth-order valence-electron chi connectivity index (χ4n) is 2.86. The van der Waals surface area contributed by atoms with E-state index in [-0.39, 0.29) is 12.1 Å². The van der Waals surface area contributed by atoms with E-state index in [4.69, 9.17) is 16.3 Å². The van der Waals surface area contributed by atoms with Crippen LogP contribution >= 0.6 is 11.6 Å². The van der Waals surface area contributed by atoms with Crippen molar-refractivity contribution in [3.8, 4) is 0 Å². The first-order valence-electron chi connectivity index (χ1n) is 6.91. The van der Waals surface area contributed by atoms with E-state index < -0.39 is 0 Å². The van der Waals surface area contributed by atoms with Crippen molar-refractivity contribution >= 4 is 11.6 Å². The van der Waals surface area contributed by atoms with Gasteiger partial charge in [0.15, 0.2) is 0 Å². The van der Waals surface area contributed by atoms with Crippen molar-refractivity contribution in [1.82, 2.24) is 5.32 Å². The van der Waals surface area contributed by atoms with Crippen LogP contribution in [0.5, 0.6) is 0 Å². The molecule has 2 unspecified atom stereocenters. The highest BCUT2D eigenvalue weighted by molar-refractivity contribution is 6.30. The highest BCUT2D eigenvalue weighted by atomic mass is 35.5. The summed E-state index contributed by atoms with van der Waals surface area (Å²) in [5.41, 5.74) is 3.87. The third-order valence-electron chi connectivity index (χ3n) is 3.87. The molecule has 0 aromatic heterocycles. The fourth-order valence-corrected chi connectivity index (χ4v) is 2.99.